The third-order valence-corrected chi connectivity index (χ3v) is 8.29. The molecule has 0 saturated heterocycles. The molecule has 0 amide bonds. The minimum atomic E-state index is 0.364. The van der Waals surface area contributed by atoms with Gasteiger partial charge in [0.15, 0.2) is 5.82 Å². The Kier molecular flexibility index (Phi) is 5.03. The molecule has 11 nitrogen and oxygen atoms in total. The molecule has 0 atom stereocenters. The topological polar surface area (TPSA) is 126 Å². The van der Waals surface area contributed by atoms with Gasteiger partial charge in [-0.3, -0.25) is 9.97 Å². The van der Waals surface area contributed by atoms with Crippen LogP contribution in [0, 0.1) is 0 Å². The van der Waals surface area contributed by atoms with Gasteiger partial charge in [-0.05, 0) is 66.7 Å². The van der Waals surface area contributed by atoms with E-state index in [1.165, 1.54) is 0 Å². The first-order chi connectivity index (χ1) is 22.8. The summed E-state index contributed by atoms with van der Waals surface area (Å²) >= 11 is 0. The number of rotatable bonds is 3. The molecule has 9 aromatic heterocycles. The van der Waals surface area contributed by atoms with Crippen molar-refractivity contribution in [2.24, 2.45) is 0 Å². The zero-order valence-electron chi connectivity index (χ0n) is 23.9. The Labute approximate surface area is 259 Å². The van der Waals surface area contributed by atoms with E-state index in [9.17, 15) is 0 Å². The first-order valence-corrected chi connectivity index (χ1v) is 14.6. The van der Waals surface area contributed by atoms with Gasteiger partial charge in [-0.1, -0.05) is 12.1 Å². The summed E-state index contributed by atoms with van der Waals surface area (Å²) in [6.45, 7) is 0. The molecule has 1 aromatic carbocycles. The van der Waals surface area contributed by atoms with Crippen molar-refractivity contribution in [3.63, 3.8) is 0 Å². The van der Waals surface area contributed by atoms with Gasteiger partial charge in [0.25, 0.3) is 0 Å². The Balaban J connectivity index is 1.37. The second-order valence-electron chi connectivity index (χ2n) is 10.8. The van der Waals surface area contributed by atoms with Crippen molar-refractivity contribution in [3.05, 3.63) is 116 Å². The number of benzene rings is 1. The molecule has 214 valence electrons. The van der Waals surface area contributed by atoms with Crippen molar-refractivity contribution in [2.75, 3.05) is 0 Å². The summed E-state index contributed by atoms with van der Waals surface area (Å²) < 4.78 is 3.77. The average molecular weight is 594 g/mol. The Bertz CT molecular complexity index is 2600. The largest absolute Gasteiger partial charge is 0.254 e. The second-order valence-corrected chi connectivity index (χ2v) is 10.8. The Morgan fingerprint density at radius 3 is 1.30 bits per heavy atom. The van der Waals surface area contributed by atoms with Gasteiger partial charge < -0.3 is 0 Å². The van der Waals surface area contributed by atoms with Crippen LogP contribution in [0.3, 0.4) is 0 Å². The zero-order chi connectivity index (χ0) is 30.2. The quantitative estimate of drug-likeness (QED) is 0.214. The highest BCUT2D eigenvalue weighted by atomic mass is 15.3. The first-order valence-electron chi connectivity index (χ1n) is 14.6. The van der Waals surface area contributed by atoms with E-state index in [0.29, 0.717) is 40.3 Å². The zero-order valence-corrected chi connectivity index (χ0v) is 23.9. The molecule has 0 aliphatic heterocycles. The van der Waals surface area contributed by atoms with Crippen LogP contribution in [0.2, 0.25) is 0 Å². The van der Waals surface area contributed by atoms with Crippen LogP contribution in [0.1, 0.15) is 0 Å². The Hall–Kier alpha value is -6.75. The molecule has 9 heterocycles. The number of hydrogen-bond acceptors (Lipinski definition) is 9. The fraction of sp³-hybridized carbons (Fsp3) is 0. The maximum atomic E-state index is 5.13. The van der Waals surface area contributed by atoms with E-state index >= 15 is 0 Å². The monoisotopic (exact) mass is 593 g/mol. The van der Waals surface area contributed by atoms with Gasteiger partial charge in [-0.15, -0.1) is 0 Å². The number of hydrogen-bond donors (Lipinski definition) is 0. The fourth-order valence-corrected chi connectivity index (χ4v) is 6.36. The van der Waals surface area contributed by atoms with Crippen molar-refractivity contribution in [1.82, 2.24) is 54.0 Å². The van der Waals surface area contributed by atoms with Gasteiger partial charge in [0, 0.05) is 75.1 Å². The molecule has 0 N–H and O–H groups in total. The van der Waals surface area contributed by atoms with Gasteiger partial charge in [0.2, 0.25) is 11.9 Å². The number of fused-ring (bicyclic) bond motifs is 9. The van der Waals surface area contributed by atoms with E-state index in [4.69, 9.17) is 39.9 Å². The van der Waals surface area contributed by atoms with Crippen LogP contribution >= 0.6 is 0 Å². The summed E-state index contributed by atoms with van der Waals surface area (Å²) in [5.74, 6) is 1.18. The van der Waals surface area contributed by atoms with Gasteiger partial charge >= 0.3 is 0 Å². The number of nitrogens with zero attached hydrogens (tertiary/aromatic N) is 11. The molecule has 11 heteroatoms. The predicted molar refractivity (Wildman–Crippen MR) is 176 cm³/mol. The van der Waals surface area contributed by atoms with Crippen LogP contribution in [0.25, 0.3) is 89.2 Å². The van der Waals surface area contributed by atoms with E-state index in [1.54, 1.807) is 37.2 Å². The van der Waals surface area contributed by atoms with Crippen LogP contribution in [0.5, 0.6) is 0 Å². The van der Waals surface area contributed by atoms with Crippen LogP contribution in [0.15, 0.2) is 116 Å². The molecular formula is C35H19N11. The van der Waals surface area contributed by atoms with E-state index < -0.39 is 0 Å². The van der Waals surface area contributed by atoms with Crippen LogP contribution in [-0.2, 0) is 0 Å². The molecule has 0 fully saturated rings. The Morgan fingerprint density at radius 2 is 0.804 bits per heavy atom. The van der Waals surface area contributed by atoms with Crippen molar-refractivity contribution in [2.45, 2.75) is 0 Å². The molecule has 10 rings (SSSR count). The summed E-state index contributed by atoms with van der Waals surface area (Å²) in [4.78, 5) is 43.7. The van der Waals surface area contributed by atoms with E-state index in [-0.39, 0.29) is 0 Å². The van der Waals surface area contributed by atoms with E-state index in [0.717, 1.165) is 48.9 Å². The molecule has 10 aromatic rings. The Morgan fingerprint density at radius 1 is 0.391 bits per heavy atom. The lowest BCUT2D eigenvalue weighted by Crippen LogP contribution is -2.11. The maximum Gasteiger partial charge on any atom is 0.242 e. The summed E-state index contributed by atoms with van der Waals surface area (Å²) in [5.41, 5.74) is 5.11. The van der Waals surface area contributed by atoms with Gasteiger partial charge in [0.1, 0.15) is 22.6 Å². The second kappa shape index (κ2) is 9.37. The molecule has 0 saturated carbocycles. The van der Waals surface area contributed by atoms with Crippen molar-refractivity contribution in [3.8, 4) is 23.3 Å². The predicted octanol–water partition coefficient (Wildman–Crippen LogP) is 6.41. The summed E-state index contributed by atoms with van der Waals surface area (Å²) in [6, 6.07) is 25.7. The molecule has 0 aliphatic carbocycles. The van der Waals surface area contributed by atoms with E-state index in [2.05, 4.69) is 11.1 Å². The molecule has 0 bridgehead atoms. The fourth-order valence-electron chi connectivity index (χ4n) is 6.36. The van der Waals surface area contributed by atoms with Gasteiger partial charge in [-0.2, -0.15) is 15.0 Å². The highest BCUT2D eigenvalue weighted by Gasteiger charge is 2.23. The summed E-state index contributed by atoms with van der Waals surface area (Å²) in [6.07, 6.45) is 10.6. The van der Waals surface area contributed by atoms with Crippen molar-refractivity contribution in [1.29, 1.82) is 0 Å². The minimum absolute atomic E-state index is 0.364. The molecule has 46 heavy (non-hydrogen) atoms. The van der Waals surface area contributed by atoms with E-state index in [1.807, 2.05) is 81.9 Å². The molecule has 0 unspecified atom stereocenters. The smallest absolute Gasteiger partial charge is 0.242 e. The highest BCUT2D eigenvalue weighted by molar-refractivity contribution is 6.10. The van der Waals surface area contributed by atoms with Crippen LogP contribution < -0.4 is 0 Å². The van der Waals surface area contributed by atoms with Gasteiger partial charge in [-0.25, -0.2) is 29.1 Å². The lowest BCUT2D eigenvalue weighted by atomic mass is 10.0. The lowest BCUT2D eigenvalue weighted by molar-refractivity contribution is 0.876. The van der Waals surface area contributed by atoms with Gasteiger partial charge in [0.05, 0.1) is 11.0 Å². The molecular weight excluding hydrogens is 574 g/mol. The molecule has 0 spiro atoms. The van der Waals surface area contributed by atoms with Crippen molar-refractivity contribution < 1.29 is 0 Å². The summed E-state index contributed by atoms with van der Waals surface area (Å²) in [7, 11) is 0. The standard InChI is InChI=1S/C35H19N11/c1-7-20-19-26(21-8-2-14-37-28(21)27(20)36-13-1)29-42-34(45-30-22(9-3-15-38-30)23-10-4-16-39-31(23)45)44-35(43-29)46-32-24(11-5-17-40-32)25-12-6-18-41-33(25)46/h1-19H. The average Bonchev–Trinajstić information content (AvgIpc) is 3.64. The maximum absolute atomic E-state index is 5.13. The SMILES string of the molecule is c1cnc2c(c1)cc(-c1nc(-n3c4ncccc4c4cccnc43)nc(-n3c4ncccc4c4cccnc43)n1)c1cccnc12. The molecule has 0 aliphatic rings. The third kappa shape index (κ3) is 3.44. The number of aromatic nitrogens is 11. The highest BCUT2D eigenvalue weighted by Crippen LogP contribution is 2.35. The number of pyridine rings is 6. The van der Waals surface area contributed by atoms with Crippen molar-refractivity contribution >= 4 is 65.9 Å². The minimum Gasteiger partial charge on any atom is -0.254 e. The van der Waals surface area contributed by atoms with Crippen LogP contribution in [0.4, 0.5) is 0 Å². The first kappa shape index (κ1) is 24.7. The summed E-state index contributed by atoms with van der Waals surface area (Å²) in [5, 5.41) is 5.57. The third-order valence-electron chi connectivity index (χ3n) is 8.29. The lowest BCUT2D eigenvalue weighted by Gasteiger charge is -2.13. The van der Waals surface area contributed by atoms with Crippen LogP contribution in [-0.4, -0.2) is 54.0 Å². The normalized spacial score (nSPS) is 11.9. The molecule has 0 radical (unpaired) electrons.